The van der Waals surface area contributed by atoms with E-state index in [1.807, 2.05) is 0 Å². The first kappa shape index (κ1) is 8.49. The van der Waals surface area contributed by atoms with E-state index in [0.29, 0.717) is 5.56 Å². The van der Waals surface area contributed by atoms with Crippen LogP contribution in [0.1, 0.15) is 11.7 Å². The number of aliphatic hydroxyl groups excluding tert-OH is 1. The van der Waals surface area contributed by atoms with E-state index in [0.717, 1.165) is 23.3 Å². The molecule has 0 amide bonds. The summed E-state index contributed by atoms with van der Waals surface area (Å²) < 4.78 is -1.41. The van der Waals surface area contributed by atoms with Crippen molar-refractivity contribution in [1.29, 1.82) is 0 Å². The quantitative estimate of drug-likeness (QED) is 0.384. The van der Waals surface area contributed by atoms with Gasteiger partial charge in [-0.15, -0.1) is 4.21 Å². The standard InChI is InChI=1S/C6H7NO3S2/c8-5-3-12-7(9,10)6-4(5)1-2-11-6/h1-2,5,8-9H,3H2. The van der Waals surface area contributed by atoms with E-state index in [-0.39, 0.29) is 10.8 Å². The molecule has 2 rings (SSSR count). The topological polar surface area (TPSA) is 63.5 Å². The van der Waals surface area contributed by atoms with Crippen molar-refractivity contribution in [3.8, 4) is 0 Å². The molecule has 1 aromatic rings. The van der Waals surface area contributed by atoms with Crippen LogP contribution in [0.4, 0.5) is 5.00 Å². The summed E-state index contributed by atoms with van der Waals surface area (Å²) in [5.41, 5.74) is 0.552. The summed E-state index contributed by atoms with van der Waals surface area (Å²) in [6.45, 7) is 0. The van der Waals surface area contributed by atoms with Crippen LogP contribution in [0, 0.1) is 5.21 Å². The summed E-state index contributed by atoms with van der Waals surface area (Å²) in [5.74, 6) is 0.240. The Hall–Kier alpha value is -0.110. The maximum absolute atomic E-state index is 11.3. The molecular formula is C6H7NO3S2. The zero-order valence-corrected chi connectivity index (χ0v) is 7.64. The fourth-order valence-corrected chi connectivity index (χ4v) is 2.96. The van der Waals surface area contributed by atoms with E-state index in [1.165, 1.54) is 0 Å². The van der Waals surface area contributed by atoms with Gasteiger partial charge in [-0.3, -0.25) is 0 Å². The Morgan fingerprint density at radius 1 is 1.67 bits per heavy atom. The van der Waals surface area contributed by atoms with Gasteiger partial charge in [-0.2, -0.15) is 5.21 Å². The molecule has 12 heavy (non-hydrogen) atoms. The van der Waals surface area contributed by atoms with Gasteiger partial charge in [0.15, 0.2) is 0 Å². The van der Waals surface area contributed by atoms with Crippen LogP contribution in [-0.2, 0) is 0 Å². The molecule has 2 unspecified atom stereocenters. The number of quaternary nitrogens is 1. The minimum Gasteiger partial charge on any atom is -0.580 e. The molecule has 4 nitrogen and oxygen atoms in total. The van der Waals surface area contributed by atoms with Crippen LogP contribution in [0.25, 0.3) is 0 Å². The summed E-state index contributed by atoms with van der Waals surface area (Å²) >= 11 is 1.94. The van der Waals surface area contributed by atoms with Gasteiger partial charge in [0.2, 0.25) is 5.00 Å². The molecule has 0 saturated heterocycles. The fourth-order valence-electron chi connectivity index (χ4n) is 1.11. The first-order valence-corrected chi connectivity index (χ1v) is 5.17. The maximum atomic E-state index is 11.3. The molecule has 2 heterocycles. The van der Waals surface area contributed by atoms with Gasteiger partial charge < -0.3 is 10.3 Å². The average molecular weight is 205 g/mol. The maximum Gasteiger partial charge on any atom is 0.239 e. The lowest BCUT2D eigenvalue weighted by atomic mass is 10.2. The molecule has 0 spiro atoms. The molecule has 0 bridgehead atoms. The summed E-state index contributed by atoms with van der Waals surface area (Å²) in [6, 6.07) is 1.67. The summed E-state index contributed by atoms with van der Waals surface area (Å²) in [4.78, 5) is 0. The molecular weight excluding hydrogens is 198 g/mol. The lowest BCUT2D eigenvalue weighted by Crippen LogP contribution is -2.35. The van der Waals surface area contributed by atoms with Crippen molar-refractivity contribution < 1.29 is 10.3 Å². The molecule has 0 radical (unpaired) electrons. The molecule has 6 heteroatoms. The zero-order valence-electron chi connectivity index (χ0n) is 6.01. The fraction of sp³-hybridized carbons (Fsp3) is 0.333. The van der Waals surface area contributed by atoms with Gasteiger partial charge in [-0.25, -0.2) is 0 Å². The smallest absolute Gasteiger partial charge is 0.239 e. The minimum atomic E-state index is -1.41. The van der Waals surface area contributed by atoms with Gasteiger partial charge in [0.05, 0.1) is 11.3 Å². The van der Waals surface area contributed by atoms with Crippen LogP contribution >= 0.6 is 23.3 Å². The van der Waals surface area contributed by atoms with Crippen LogP contribution in [0.2, 0.25) is 0 Å². The Morgan fingerprint density at radius 3 is 3.08 bits per heavy atom. The molecule has 66 valence electrons. The molecule has 1 aliphatic heterocycles. The van der Waals surface area contributed by atoms with E-state index >= 15 is 0 Å². The number of hydrogen-bond donors (Lipinski definition) is 2. The van der Waals surface area contributed by atoms with E-state index in [9.17, 15) is 15.5 Å². The Kier molecular flexibility index (Phi) is 1.90. The first-order chi connectivity index (χ1) is 5.61. The van der Waals surface area contributed by atoms with Crippen LogP contribution in [0.5, 0.6) is 0 Å². The van der Waals surface area contributed by atoms with Gasteiger partial charge in [0.1, 0.15) is 18.1 Å². The predicted octanol–water partition coefficient (Wildman–Crippen LogP) is 1.64. The molecule has 0 aliphatic carbocycles. The van der Waals surface area contributed by atoms with Crippen LogP contribution < -0.4 is 4.21 Å². The van der Waals surface area contributed by atoms with Crippen molar-refractivity contribution in [3.05, 3.63) is 22.2 Å². The number of nitrogens with zero attached hydrogens (tertiary/aromatic N) is 1. The Morgan fingerprint density at radius 2 is 2.42 bits per heavy atom. The molecule has 0 fully saturated rings. The molecule has 2 atom stereocenters. The Labute approximate surface area is 77.3 Å². The number of rotatable bonds is 0. The van der Waals surface area contributed by atoms with Crippen molar-refractivity contribution in [2.75, 3.05) is 5.75 Å². The molecule has 1 aliphatic rings. The monoisotopic (exact) mass is 205 g/mol. The van der Waals surface area contributed by atoms with E-state index < -0.39 is 10.3 Å². The second-order valence-corrected chi connectivity index (χ2v) is 4.49. The average Bonchev–Trinajstić information content (AvgIpc) is 2.46. The minimum absolute atomic E-state index is 0.240. The van der Waals surface area contributed by atoms with Gasteiger partial charge in [-0.05, 0) is 11.4 Å². The van der Waals surface area contributed by atoms with Crippen molar-refractivity contribution in [1.82, 2.24) is 4.21 Å². The van der Waals surface area contributed by atoms with E-state index in [2.05, 4.69) is 0 Å². The van der Waals surface area contributed by atoms with Crippen LogP contribution in [0.15, 0.2) is 11.4 Å². The lowest BCUT2D eigenvalue weighted by molar-refractivity contribution is 0.0681. The van der Waals surface area contributed by atoms with Gasteiger partial charge >= 0.3 is 0 Å². The van der Waals surface area contributed by atoms with Crippen LogP contribution in [0.3, 0.4) is 0 Å². The zero-order chi connectivity index (χ0) is 8.77. The molecule has 0 aromatic carbocycles. The Bertz CT molecular complexity index is 299. The number of fused-ring (bicyclic) bond motifs is 1. The first-order valence-electron chi connectivity index (χ1n) is 3.34. The third kappa shape index (κ3) is 1.17. The third-order valence-corrected chi connectivity index (χ3v) is 3.79. The lowest BCUT2D eigenvalue weighted by Gasteiger charge is -2.33. The molecule has 0 saturated carbocycles. The SMILES string of the molecule is [O-][N+]1(O)SCC(O)c2ccsc21. The predicted molar refractivity (Wildman–Crippen MR) is 48.7 cm³/mol. The second kappa shape index (κ2) is 2.69. The largest absolute Gasteiger partial charge is 0.580 e. The van der Waals surface area contributed by atoms with Gasteiger partial charge in [0, 0.05) is 0 Å². The molecule has 1 aromatic heterocycles. The van der Waals surface area contributed by atoms with E-state index in [4.69, 9.17) is 0 Å². The van der Waals surface area contributed by atoms with Crippen LogP contribution in [-0.4, -0.2) is 16.1 Å². The number of aliphatic hydroxyl groups is 1. The second-order valence-electron chi connectivity index (χ2n) is 2.51. The van der Waals surface area contributed by atoms with Crippen molar-refractivity contribution in [3.63, 3.8) is 0 Å². The van der Waals surface area contributed by atoms with Crippen molar-refractivity contribution in [2.45, 2.75) is 6.10 Å². The van der Waals surface area contributed by atoms with Gasteiger partial charge in [0.25, 0.3) is 0 Å². The Balaban J connectivity index is 2.50. The third-order valence-electron chi connectivity index (χ3n) is 1.70. The van der Waals surface area contributed by atoms with E-state index in [1.54, 1.807) is 11.4 Å². The number of thiophene rings is 1. The highest BCUT2D eigenvalue weighted by atomic mass is 32.2. The molecule has 2 N–H and O–H groups in total. The van der Waals surface area contributed by atoms with Gasteiger partial charge in [-0.1, -0.05) is 11.3 Å². The van der Waals surface area contributed by atoms with Crippen molar-refractivity contribution >= 4 is 28.3 Å². The summed E-state index contributed by atoms with van der Waals surface area (Å²) in [5, 5.41) is 32.0. The summed E-state index contributed by atoms with van der Waals surface area (Å²) in [7, 11) is 0. The summed E-state index contributed by atoms with van der Waals surface area (Å²) in [6.07, 6.45) is -0.622. The highest BCUT2D eigenvalue weighted by Crippen LogP contribution is 2.45. The number of hydrogen-bond acceptors (Lipinski definition) is 5. The highest BCUT2D eigenvalue weighted by molar-refractivity contribution is 7.98. The van der Waals surface area contributed by atoms with Crippen molar-refractivity contribution in [2.24, 2.45) is 0 Å². The normalized spacial score (nSPS) is 34.8. The highest BCUT2D eigenvalue weighted by Gasteiger charge is 2.35.